The van der Waals surface area contributed by atoms with E-state index in [9.17, 15) is 4.79 Å². The van der Waals surface area contributed by atoms with Crippen molar-refractivity contribution in [3.63, 3.8) is 0 Å². The van der Waals surface area contributed by atoms with Gasteiger partial charge >= 0.3 is 0 Å². The Bertz CT molecular complexity index is 312. The molecule has 0 aliphatic heterocycles. The molecular formula is C10H14O2S. The van der Waals surface area contributed by atoms with E-state index in [0.29, 0.717) is 0 Å². The van der Waals surface area contributed by atoms with E-state index in [0.717, 1.165) is 10.4 Å². The molecule has 0 amide bonds. The zero-order chi connectivity index (χ0) is 10.1. The standard InChI is InChI=1S/C10H14O2S/c1-7-8(5-6-13-7)9(11)10(2,3)12-4/h5-6H,1-4H3. The lowest BCUT2D eigenvalue weighted by atomic mass is 9.97. The van der Waals surface area contributed by atoms with Gasteiger partial charge in [0.05, 0.1) is 0 Å². The number of carbonyl (C=O) groups is 1. The lowest BCUT2D eigenvalue weighted by molar-refractivity contribution is 0.0228. The maximum atomic E-state index is 11.9. The second-order valence-electron chi connectivity index (χ2n) is 3.43. The highest BCUT2D eigenvalue weighted by Gasteiger charge is 2.29. The quantitative estimate of drug-likeness (QED) is 0.698. The van der Waals surface area contributed by atoms with E-state index in [1.165, 1.54) is 0 Å². The molecule has 2 nitrogen and oxygen atoms in total. The van der Waals surface area contributed by atoms with Crippen LogP contribution in [0.25, 0.3) is 0 Å². The zero-order valence-electron chi connectivity index (χ0n) is 8.38. The second-order valence-corrected chi connectivity index (χ2v) is 4.55. The SMILES string of the molecule is COC(C)(C)C(=O)c1ccsc1C. The van der Waals surface area contributed by atoms with Crippen molar-refractivity contribution >= 4 is 17.1 Å². The molecule has 0 saturated heterocycles. The Labute approximate surface area is 82.5 Å². The van der Waals surface area contributed by atoms with Gasteiger partial charge in [0.15, 0.2) is 5.78 Å². The lowest BCUT2D eigenvalue weighted by Gasteiger charge is -2.20. The van der Waals surface area contributed by atoms with Gasteiger partial charge in [0.25, 0.3) is 0 Å². The van der Waals surface area contributed by atoms with Gasteiger partial charge < -0.3 is 4.74 Å². The van der Waals surface area contributed by atoms with Crippen LogP contribution in [0.3, 0.4) is 0 Å². The van der Waals surface area contributed by atoms with Gasteiger partial charge in [-0.15, -0.1) is 11.3 Å². The first-order valence-electron chi connectivity index (χ1n) is 4.13. The Morgan fingerprint density at radius 3 is 2.54 bits per heavy atom. The molecule has 0 bridgehead atoms. The first-order chi connectivity index (χ1) is 5.99. The average Bonchev–Trinajstić information content (AvgIpc) is 2.50. The van der Waals surface area contributed by atoms with E-state index < -0.39 is 5.60 Å². The van der Waals surface area contributed by atoms with Crippen molar-refractivity contribution < 1.29 is 9.53 Å². The van der Waals surface area contributed by atoms with Crippen LogP contribution < -0.4 is 0 Å². The molecule has 1 rings (SSSR count). The first-order valence-corrected chi connectivity index (χ1v) is 5.01. The van der Waals surface area contributed by atoms with Crippen LogP contribution in [0, 0.1) is 6.92 Å². The molecule has 0 aromatic carbocycles. The molecular weight excluding hydrogens is 184 g/mol. The molecule has 0 spiro atoms. The molecule has 1 aromatic rings. The number of ketones is 1. The molecule has 0 saturated carbocycles. The lowest BCUT2D eigenvalue weighted by Crippen LogP contribution is -2.33. The maximum absolute atomic E-state index is 11.9. The molecule has 0 unspecified atom stereocenters. The van der Waals surface area contributed by atoms with E-state index in [2.05, 4.69) is 0 Å². The summed E-state index contributed by atoms with van der Waals surface area (Å²) in [5.41, 5.74) is 0.0584. The smallest absolute Gasteiger partial charge is 0.195 e. The zero-order valence-corrected chi connectivity index (χ0v) is 9.20. The summed E-state index contributed by atoms with van der Waals surface area (Å²) < 4.78 is 5.13. The summed E-state index contributed by atoms with van der Waals surface area (Å²) in [4.78, 5) is 12.9. The summed E-state index contributed by atoms with van der Waals surface area (Å²) in [6.07, 6.45) is 0. The molecule has 0 atom stereocenters. The first kappa shape index (κ1) is 10.4. The fourth-order valence-electron chi connectivity index (χ4n) is 1.04. The third-order valence-corrected chi connectivity index (χ3v) is 3.01. The highest BCUT2D eigenvalue weighted by Crippen LogP contribution is 2.22. The highest BCUT2D eigenvalue weighted by atomic mass is 32.1. The van der Waals surface area contributed by atoms with E-state index in [4.69, 9.17) is 4.74 Å². The van der Waals surface area contributed by atoms with Crippen molar-refractivity contribution in [1.82, 2.24) is 0 Å². The summed E-state index contributed by atoms with van der Waals surface area (Å²) in [6, 6.07) is 1.85. The Morgan fingerprint density at radius 1 is 1.54 bits per heavy atom. The normalized spacial score (nSPS) is 11.7. The van der Waals surface area contributed by atoms with Gasteiger partial charge in [-0.1, -0.05) is 0 Å². The number of thiophene rings is 1. The summed E-state index contributed by atoms with van der Waals surface area (Å²) in [6.45, 7) is 5.52. The van der Waals surface area contributed by atoms with Gasteiger partial charge in [-0.2, -0.15) is 0 Å². The number of hydrogen-bond donors (Lipinski definition) is 0. The molecule has 0 N–H and O–H groups in total. The molecule has 72 valence electrons. The summed E-state index contributed by atoms with van der Waals surface area (Å²) >= 11 is 1.58. The fraction of sp³-hybridized carbons (Fsp3) is 0.500. The van der Waals surface area contributed by atoms with Gasteiger partial charge in [0.1, 0.15) is 5.60 Å². The fourth-order valence-corrected chi connectivity index (χ4v) is 1.73. The number of aryl methyl sites for hydroxylation is 1. The van der Waals surface area contributed by atoms with E-state index >= 15 is 0 Å². The molecule has 13 heavy (non-hydrogen) atoms. The van der Waals surface area contributed by atoms with Crippen molar-refractivity contribution in [3.8, 4) is 0 Å². The molecule has 0 aliphatic carbocycles. The minimum atomic E-state index is -0.716. The number of hydrogen-bond acceptors (Lipinski definition) is 3. The Hall–Kier alpha value is -0.670. The molecule has 0 aliphatic rings. The number of methoxy groups -OCH3 is 1. The van der Waals surface area contributed by atoms with Gasteiger partial charge in [-0.25, -0.2) is 0 Å². The number of ether oxygens (including phenoxy) is 1. The van der Waals surface area contributed by atoms with Crippen LogP contribution in [-0.4, -0.2) is 18.5 Å². The topological polar surface area (TPSA) is 26.3 Å². The third kappa shape index (κ3) is 1.98. The Kier molecular flexibility index (Phi) is 2.88. The van der Waals surface area contributed by atoms with Crippen LogP contribution in [-0.2, 0) is 4.74 Å². The predicted molar refractivity (Wildman–Crippen MR) is 54.5 cm³/mol. The molecule has 1 heterocycles. The van der Waals surface area contributed by atoms with Crippen LogP contribution in [0.1, 0.15) is 29.1 Å². The molecule has 3 heteroatoms. The maximum Gasteiger partial charge on any atom is 0.195 e. The Morgan fingerprint density at radius 2 is 2.15 bits per heavy atom. The minimum Gasteiger partial charge on any atom is -0.371 e. The van der Waals surface area contributed by atoms with Gasteiger partial charge in [0, 0.05) is 17.6 Å². The molecule has 1 aromatic heterocycles. The van der Waals surface area contributed by atoms with Crippen molar-refractivity contribution in [3.05, 3.63) is 21.9 Å². The monoisotopic (exact) mass is 198 g/mol. The molecule has 0 radical (unpaired) electrons. The minimum absolute atomic E-state index is 0.0498. The van der Waals surface area contributed by atoms with Crippen molar-refractivity contribution in [2.75, 3.05) is 7.11 Å². The van der Waals surface area contributed by atoms with Crippen LogP contribution >= 0.6 is 11.3 Å². The van der Waals surface area contributed by atoms with Crippen LogP contribution in [0.5, 0.6) is 0 Å². The van der Waals surface area contributed by atoms with Crippen molar-refractivity contribution in [2.45, 2.75) is 26.4 Å². The highest BCUT2D eigenvalue weighted by molar-refractivity contribution is 7.10. The van der Waals surface area contributed by atoms with Crippen molar-refractivity contribution in [2.24, 2.45) is 0 Å². The van der Waals surface area contributed by atoms with E-state index in [1.54, 1.807) is 32.3 Å². The number of rotatable bonds is 3. The van der Waals surface area contributed by atoms with Crippen LogP contribution in [0.15, 0.2) is 11.4 Å². The van der Waals surface area contributed by atoms with Gasteiger partial charge in [0.2, 0.25) is 0 Å². The summed E-state index contributed by atoms with van der Waals surface area (Å²) in [5, 5.41) is 1.92. The van der Waals surface area contributed by atoms with Gasteiger partial charge in [-0.05, 0) is 32.2 Å². The largest absolute Gasteiger partial charge is 0.371 e. The van der Waals surface area contributed by atoms with E-state index in [-0.39, 0.29) is 5.78 Å². The average molecular weight is 198 g/mol. The van der Waals surface area contributed by atoms with E-state index in [1.807, 2.05) is 18.4 Å². The van der Waals surface area contributed by atoms with Crippen molar-refractivity contribution in [1.29, 1.82) is 0 Å². The van der Waals surface area contributed by atoms with Crippen LogP contribution in [0.4, 0.5) is 0 Å². The van der Waals surface area contributed by atoms with Gasteiger partial charge in [-0.3, -0.25) is 4.79 Å². The predicted octanol–water partition coefficient (Wildman–Crippen LogP) is 2.66. The summed E-state index contributed by atoms with van der Waals surface area (Å²) in [7, 11) is 1.56. The molecule has 0 fully saturated rings. The summed E-state index contributed by atoms with van der Waals surface area (Å²) in [5.74, 6) is 0.0498. The number of Topliss-reactive ketones (excluding diaryl/α,β-unsaturated/α-hetero) is 1. The Balaban J connectivity index is 2.98. The number of carbonyl (C=O) groups excluding carboxylic acids is 1. The van der Waals surface area contributed by atoms with Crippen LogP contribution in [0.2, 0.25) is 0 Å². The second kappa shape index (κ2) is 3.60. The third-order valence-electron chi connectivity index (χ3n) is 2.16.